The molecule has 0 amide bonds. The van der Waals surface area contributed by atoms with E-state index in [4.69, 9.17) is 0 Å². The molecule has 0 radical (unpaired) electrons. The van der Waals surface area contributed by atoms with Crippen molar-refractivity contribution in [3.63, 3.8) is 0 Å². The molecule has 1 saturated carbocycles. The molecule has 0 atom stereocenters. The number of rotatable bonds is 5. The smallest absolute Gasteiger partial charge is 0.166 e. The SMILES string of the molecule is C=CC1CCC(C=Cc2ccc(-c3ccc(C(C)C)c(F)c3F)cc2)CC1. The van der Waals surface area contributed by atoms with Gasteiger partial charge in [-0.2, -0.15) is 0 Å². The van der Waals surface area contributed by atoms with E-state index in [1.807, 2.05) is 38.1 Å². The normalized spacial score (nSPS) is 20.3. The van der Waals surface area contributed by atoms with Crippen molar-refractivity contribution in [3.8, 4) is 11.1 Å². The summed E-state index contributed by atoms with van der Waals surface area (Å²) in [7, 11) is 0. The summed E-state index contributed by atoms with van der Waals surface area (Å²) < 4.78 is 28.7. The minimum absolute atomic E-state index is 0.0393. The first-order valence-corrected chi connectivity index (χ1v) is 9.88. The molecule has 1 aliphatic rings. The van der Waals surface area contributed by atoms with Gasteiger partial charge in [-0.25, -0.2) is 8.78 Å². The number of allylic oxidation sites excluding steroid dienone is 2. The summed E-state index contributed by atoms with van der Waals surface area (Å²) in [5, 5.41) is 0. The van der Waals surface area contributed by atoms with Gasteiger partial charge in [-0.05, 0) is 60.1 Å². The van der Waals surface area contributed by atoms with Gasteiger partial charge >= 0.3 is 0 Å². The fourth-order valence-corrected chi connectivity index (χ4v) is 3.83. The second kappa shape index (κ2) is 8.65. The molecule has 0 aromatic heterocycles. The van der Waals surface area contributed by atoms with Gasteiger partial charge in [0.2, 0.25) is 0 Å². The molecule has 2 heteroatoms. The Balaban J connectivity index is 1.72. The van der Waals surface area contributed by atoms with Gasteiger partial charge in [-0.15, -0.1) is 6.58 Å². The van der Waals surface area contributed by atoms with Crippen LogP contribution < -0.4 is 0 Å². The van der Waals surface area contributed by atoms with Crippen molar-refractivity contribution in [1.29, 1.82) is 0 Å². The van der Waals surface area contributed by atoms with Gasteiger partial charge in [-0.1, -0.05) is 68.5 Å². The van der Waals surface area contributed by atoms with Crippen LogP contribution in [-0.4, -0.2) is 0 Å². The first-order chi connectivity index (χ1) is 13.0. The number of hydrogen-bond donors (Lipinski definition) is 0. The lowest BCUT2D eigenvalue weighted by molar-refractivity contribution is 0.357. The minimum atomic E-state index is -0.761. The maximum absolute atomic E-state index is 14.5. The highest BCUT2D eigenvalue weighted by molar-refractivity contribution is 5.67. The highest BCUT2D eigenvalue weighted by Gasteiger charge is 2.17. The lowest BCUT2D eigenvalue weighted by Crippen LogP contribution is -2.10. The lowest BCUT2D eigenvalue weighted by atomic mass is 9.82. The van der Waals surface area contributed by atoms with Crippen molar-refractivity contribution < 1.29 is 8.78 Å². The van der Waals surface area contributed by atoms with E-state index in [0.717, 1.165) is 5.56 Å². The highest BCUT2D eigenvalue weighted by atomic mass is 19.2. The van der Waals surface area contributed by atoms with Gasteiger partial charge in [-0.3, -0.25) is 0 Å². The molecular formula is C25H28F2. The predicted molar refractivity (Wildman–Crippen MR) is 111 cm³/mol. The van der Waals surface area contributed by atoms with Gasteiger partial charge in [0, 0.05) is 5.56 Å². The van der Waals surface area contributed by atoms with E-state index in [9.17, 15) is 8.78 Å². The van der Waals surface area contributed by atoms with Crippen molar-refractivity contribution in [3.05, 3.63) is 77.9 Å². The summed E-state index contributed by atoms with van der Waals surface area (Å²) in [5.74, 6) is -0.241. The molecule has 0 bridgehead atoms. The van der Waals surface area contributed by atoms with Crippen LogP contribution in [0.1, 0.15) is 56.6 Å². The van der Waals surface area contributed by atoms with E-state index in [1.165, 1.54) is 25.7 Å². The molecule has 2 aromatic rings. The Kier molecular flexibility index (Phi) is 6.26. The van der Waals surface area contributed by atoms with E-state index in [-0.39, 0.29) is 5.92 Å². The van der Waals surface area contributed by atoms with Crippen LogP contribution in [0.2, 0.25) is 0 Å². The monoisotopic (exact) mass is 366 g/mol. The molecule has 27 heavy (non-hydrogen) atoms. The van der Waals surface area contributed by atoms with E-state index >= 15 is 0 Å². The summed E-state index contributed by atoms with van der Waals surface area (Å²) >= 11 is 0. The Morgan fingerprint density at radius 2 is 1.52 bits per heavy atom. The summed E-state index contributed by atoms with van der Waals surface area (Å²) in [5.41, 5.74) is 2.52. The quantitative estimate of drug-likeness (QED) is 0.474. The second-order valence-electron chi connectivity index (χ2n) is 7.88. The standard InChI is InChI=1S/C25H28F2/c1-4-18-5-7-19(8-6-18)9-10-20-11-13-21(14-12-20)23-16-15-22(17(2)3)24(26)25(23)27/h4,9-19H,1,5-8H2,2-3H3. The molecule has 2 aromatic carbocycles. The largest absolute Gasteiger partial charge is 0.203 e. The van der Waals surface area contributed by atoms with Crippen LogP contribution in [0.4, 0.5) is 8.78 Å². The molecular weight excluding hydrogens is 338 g/mol. The average molecular weight is 366 g/mol. The first kappa shape index (κ1) is 19.5. The average Bonchev–Trinajstić information content (AvgIpc) is 2.69. The lowest BCUT2D eigenvalue weighted by Gasteiger charge is -2.24. The summed E-state index contributed by atoms with van der Waals surface area (Å²) in [6, 6.07) is 11.0. The Hall–Kier alpha value is -2.22. The molecule has 0 saturated heterocycles. The van der Waals surface area contributed by atoms with E-state index in [2.05, 4.69) is 24.8 Å². The third-order valence-corrected chi connectivity index (χ3v) is 5.67. The zero-order valence-corrected chi connectivity index (χ0v) is 16.2. The molecule has 0 aliphatic heterocycles. The summed E-state index contributed by atoms with van der Waals surface area (Å²) in [4.78, 5) is 0. The van der Waals surface area contributed by atoms with Crippen LogP contribution >= 0.6 is 0 Å². The predicted octanol–water partition coefficient (Wildman–Crippen LogP) is 7.76. The minimum Gasteiger partial charge on any atom is -0.203 e. The number of hydrogen-bond acceptors (Lipinski definition) is 0. The van der Waals surface area contributed by atoms with Crippen molar-refractivity contribution in [2.45, 2.75) is 45.4 Å². The fourth-order valence-electron chi connectivity index (χ4n) is 3.83. The topological polar surface area (TPSA) is 0 Å². The summed E-state index contributed by atoms with van der Waals surface area (Å²) in [6.45, 7) is 7.62. The van der Waals surface area contributed by atoms with Gasteiger partial charge in [0.05, 0.1) is 0 Å². The van der Waals surface area contributed by atoms with E-state index < -0.39 is 11.6 Å². The van der Waals surface area contributed by atoms with Gasteiger partial charge in [0.25, 0.3) is 0 Å². The molecule has 1 aliphatic carbocycles. The number of halogens is 2. The molecule has 1 fully saturated rings. The molecule has 0 unspecified atom stereocenters. The Morgan fingerprint density at radius 3 is 2.11 bits per heavy atom. The van der Waals surface area contributed by atoms with E-state index in [0.29, 0.717) is 28.5 Å². The van der Waals surface area contributed by atoms with Crippen molar-refractivity contribution in [2.75, 3.05) is 0 Å². The zero-order chi connectivity index (χ0) is 19.4. The maximum Gasteiger partial charge on any atom is 0.166 e. The van der Waals surface area contributed by atoms with Gasteiger partial charge < -0.3 is 0 Å². The van der Waals surface area contributed by atoms with Crippen LogP contribution in [0.25, 0.3) is 17.2 Å². The molecule has 0 heterocycles. The van der Waals surface area contributed by atoms with E-state index in [1.54, 1.807) is 12.1 Å². The van der Waals surface area contributed by atoms with Crippen molar-refractivity contribution >= 4 is 6.08 Å². The Bertz CT molecular complexity index is 807. The Morgan fingerprint density at radius 1 is 0.889 bits per heavy atom. The molecule has 142 valence electrons. The third-order valence-electron chi connectivity index (χ3n) is 5.67. The molecule has 3 rings (SSSR count). The maximum atomic E-state index is 14.5. The fraction of sp³-hybridized carbons (Fsp3) is 0.360. The zero-order valence-electron chi connectivity index (χ0n) is 16.2. The van der Waals surface area contributed by atoms with Crippen LogP contribution in [-0.2, 0) is 0 Å². The van der Waals surface area contributed by atoms with Crippen LogP contribution in [0.3, 0.4) is 0 Å². The molecule has 0 nitrogen and oxygen atoms in total. The van der Waals surface area contributed by atoms with Crippen molar-refractivity contribution in [2.24, 2.45) is 11.8 Å². The van der Waals surface area contributed by atoms with Gasteiger partial charge in [0.15, 0.2) is 11.6 Å². The molecule has 0 spiro atoms. The van der Waals surface area contributed by atoms with Crippen LogP contribution in [0, 0.1) is 23.5 Å². The Labute approximate surface area is 161 Å². The molecule has 0 N–H and O–H groups in total. The third kappa shape index (κ3) is 4.55. The van der Waals surface area contributed by atoms with Crippen LogP contribution in [0.5, 0.6) is 0 Å². The second-order valence-corrected chi connectivity index (χ2v) is 7.88. The first-order valence-electron chi connectivity index (χ1n) is 9.88. The van der Waals surface area contributed by atoms with Gasteiger partial charge in [0.1, 0.15) is 0 Å². The summed E-state index contributed by atoms with van der Waals surface area (Å²) in [6.07, 6.45) is 11.3. The number of benzene rings is 2. The van der Waals surface area contributed by atoms with Crippen molar-refractivity contribution in [1.82, 2.24) is 0 Å². The van der Waals surface area contributed by atoms with Crippen LogP contribution in [0.15, 0.2) is 55.1 Å². The highest BCUT2D eigenvalue weighted by Crippen LogP contribution is 2.31.